The fourth-order valence-corrected chi connectivity index (χ4v) is 4.62. The van der Waals surface area contributed by atoms with Crippen LogP contribution in [0.4, 0.5) is 15.9 Å². The molecule has 1 aliphatic rings. The second-order valence-corrected chi connectivity index (χ2v) is 9.17. The number of nitrogen functional groups attached to an aromatic ring is 2. The van der Waals surface area contributed by atoms with Crippen LogP contribution in [0.1, 0.15) is 41.9 Å². The molecule has 0 saturated heterocycles. The first-order valence-corrected chi connectivity index (χ1v) is 12.5. The van der Waals surface area contributed by atoms with Gasteiger partial charge in [0, 0.05) is 36.0 Å². The number of nitrogens with one attached hydrogen (secondary N) is 3. The van der Waals surface area contributed by atoms with Crippen LogP contribution in [0.2, 0.25) is 0 Å². The monoisotopic (exact) mass is 562 g/mol. The van der Waals surface area contributed by atoms with E-state index in [1.165, 1.54) is 38.4 Å². The van der Waals surface area contributed by atoms with Crippen molar-refractivity contribution in [2.24, 2.45) is 5.73 Å². The standard InChI is InChI=1S/C27H27FN8O5/c1-13(37)41-19-11-14(7-8-15(19)24(29)30)33-22(17-12-20(39-2)23-16(21(17)28)5-4-10-40-23)26-34-27(38)36(35-26)18-6-3-9-32-25(18)31/h3,6-9,11-12,22,33H,4-5,10H2,1-2H3,(H3,29,30)(H2,31,32)(H,34,35,38)/t22-/m0/s1. The summed E-state index contributed by atoms with van der Waals surface area (Å²) >= 11 is 0. The molecule has 0 aliphatic carbocycles. The predicted octanol–water partition coefficient (Wildman–Crippen LogP) is 2.42. The van der Waals surface area contributed by atoms with Gasteiger partial charge in [-0.3, -0.25) is 15.2 Å². The van der Waals surface area contributed by atoms with Crippen molar-refractivity contribution in [3.05, 3.63) is 81.4 Å². The molecular formula is C27H27FN8O5. The Morgan fingerprint density at radius 1 is 1.29 bits per heavy atom. The lowest BCUT2D eigenvalue weighted by Crippen LogP contribution is -2.20. The minimum absolute atomic E-state index is 0.0211. The summed E-state index contributed by atoms with van der Waals surface area (Å²) in [7, 11) is 1.45. The number of pyridine rings is 1. The molecule has 0 radical (unpaired) electrons. The van der Waals surface area contributed by atoms with Crippen LogP contribution in [0.25, 0.3) is 5.69 Å². The van der Waals surface area contributed by atoms with Gasteiger partial charge in [0.2, 0.25) is 0 Å². The number of halogens is 1. The topological polar surface area (TPSA) is 196 Å². The summed E-state index contributed by atoms with van der Waals surface area (Å²) in [5, 5.41) is 15.4. The van der Waals surface area contributed by atoms with Crippen molar-refractivity contribution in [3.63, 3.8) is 0 Å². The number of nitrogens with zero attached hydrogens (tertiary/aromatic N) is 3. The molecule has 3 heterocycles. The number of rotatable bonds is 8. The summed E-state index contributed by atoms with van der Waals surface area (Å²) in [5.74, 6) is -0.724. The number of aromatic nitrogens is 4. The molecule has 2 aromatic carbocycles. The van der Waals surface area contributed by atoms with Crippen LogP contribution >= 0.6 is 0 Å². The highest BCUT2D eigenvalue weighted by Gasteiger charge is 2.30. The number of ether oxygens (including phenoxy) is 3. The van der Waals surface area contributed by atoms with Crippen LogP contribution in [0, 0.1) is 11.2 Å². The molecule has 41 heavy (non-hydrogen) atoms. The zero-order valence-electron chi connectivity index (χ0n) is 22.2. The van der Waals surface area contributed by atoms with Gasteiger partial charge >= 0.3 is 11.7 Å². The van der Waals surface area contributed by atoms with E-state index in [0.717, 1.165) is 4.68 Å². The maximum atomic E-state index is 16.2. The van der Waals surface area contributed by atoms with Crippen LogP contribution in [0.5, 0.6) is 17.2 Å². The summed E-state index contributed by atoms with van der Waals surface area (Å²) in [4.78, 5) is 31.4. The maximum Gasteiger partial charge on any atom is 0.348 e. The molecule has 7 N–H and O–H groups in total. The van der Waals surface area contributed by atoms with Crippen molar-refractivity contribution in [3.8, 4) is 22.9 Å². The van der Waals surface area contributed by atoms with Gasteiger partial charge in [-0.15, -0.1) is 5.10 Å². The van der Waals surface area contributed by atoms with E-state index in [4.69, 9.17) is 31.1 Å². The molecule has 0 saturated carbocycles. The number of aromatic amines is 1. The highest BCUT2D eigenvalue weighted by Crippen LogP contribution is 2.42. The van der Waals surface area contributed by atoms with Gasteiger partial charge in [-0.25, -0.2) is 14.2 Å². The quantitative estimate of drug-likeness (QED) is 0.0920. The number of carbonyl (C=O) groups is 1. The minimum Gasteiger partial charge on any atom is -0.493 e. The zero-order chi connectivity index (χ0) is 29.3. The van der Waals surface area contributed by atoms with Gasteiger partial charge in [-0.2, -0.15) is 4.68 Å². The minimum atomic E-state index is -1.09. The van der Waals surface area contributed by atoms with E-state index in [2.05, 4.69) is 20.4 Å². The third-order valence-electron chi connectivity index (χ3n) is 6.44. The molecule has 14 heteroatoms. The number of benzene rings is 2. The third-order valence-corrected chi connectivity index (χ3v) is 6.44. The van der Waals surface area contributed by atoms with Gasteiger partial charge in [-0.1, -0.05) is 0 Å². The molecule has 1 atom stereocenters. The van der Waals surface area contributed by atoms with Crippen molar-refractivity contribution in [2.45, 2.75) is 25.8 Å². The van der Waals surface area contributed by atoms with Crippen LogP contribution in [0.15, 0.2) is 47.4 Å². The Kier molecular flexibility index (Phi) is 7.29. The average Bonchev–Trinajstić information content (AvgIpc) is 3.33. The molecule has 4 aromatic rings. The molecule has 0 bridgehead atoms. The van der Waals surface area contributed by atoms with Crippen LogP contribution in [-0.2, 0) is 11.2 Å². The number of fused-ring (bicyclic) bond motifs is 1. The highest BCUT2D eigenvalue weighted by atomic mass is 19.1. The molecule has 0 amide bonds. The van der Waals surface area contributed by atoms with E-state index in [0.29, 0.717) is 42.2 Å². The van der Waals surface area contributed by atoms with Crippen molar-refractivity contribution in [1.29, 1.82) is 5.41 Å². The fraction of sp³-hybridized carbons (Fsp3) is 0.222. The Labute approximate surface area is 232 Å². The van der Waals surface area contributed by atoms with E-state index in [1.807, 2.05) is 0 Å². The summed E-state index contributed by atoms with van der Waals surface area (Å²) in [6.45, 7) is 1.64. The molecule has 0 unspecified atom stereocenters. The zero-order valence-corrected chi connectivity index (χ0v) is 22.2. The van der Waals surface area contributed by atoms with E-state index in [1.54, 1.807) is 18.2 Å². The summed E-state index contributed by atoms with van der Waals surface area (Å²) in [6.07, 6.45) is 2.50. The predicted molar refractivity (Wildman–Crippen MR) is 147 cm³/mol. The molecule has 13 nitrogen and oxygen atoms in total. The normalized spacial score (nSPS) is 13.0. The van der Waals surface area contributed by atoms with Gasteiger partial charge in [0.1, 0.15) is 34.9 Å². The van der Waals surface area contributed by atoms with Crippen LogP contribution in [0.3, 0.4) is 0 Å². The smallest absolute Gasteiger partial charge is 0.348 e. The number of methoxy groups -OCH3 is 1. The first kappa shape index (κ1) is 27.2. The molecule has 0 fully saturated rings. The fourth-order valence-electron chi connectivity index (χ4n) is 4.62. The van der Waals surface area contributed by atoms with Crippen molar-refractivity contribution >= 4 is 23.3 Å². The SMILES string of the molecule is COc1cc([C@H](Nc2ccc(C(=N)N)c(OC(C)=O)c2)c2nn(-c3cccnc3N)c(=O)[nH]2)c(F)c2c1OCCC2. The summed E-state index contributed by atoms with van der Waals surface area (Å²) in [6, 6.07) is 8.05. The number of amidine groups is 1. The largest absolute Gasteiger partial charge is 0.493 e. The number of nitrogens with two attached hydrogens (primary N) is 2. The Morgan fingerprint density at radius 2 is 2.10 bits per heavy atom. The third kappa shape index (κ3) is 5.26. The van der Waals surface area contributed by atoms with Gasteiger partial charge < -0.3 is 31.0 Å². The van der Waals surface area contributed by atoms with E-state index in [9.17, 15) is 9.59 Å². The molecule has 5 rings (SSSR count). The molecule has 0 spiro atoms. The Balaban J connectivity index is 1.68. The molecule has 212 valence electrons. The number of H-pyrrole nitrogens is 1. The van der Waals surface area contributed by atoms with Crippen molar-refractivity contribution in [1.82, 2.24) is 19.7 Å². The lowest BCUT2D eigenvalue weighted by Gasteiger charge is -2.25. The summed E-state index contributed by atoms with van der Waals surface area (Å²) < 4.78 is 33.7. The van der Waals surface area contributed by atoms with Gasteiger partial charge in [-0.05, 0) is 43.2 Å². The van der Waals surface area contributed by atoms with E-state index in [-0.39, 0.29) is 40.0 Å². The van der Waals surface area contributed by atoms with Gasteiger partial charge in [0.15, 0.2) is 17.3 Å². The van der Waals surface area contributed by atoms with Gasteiger partial charge in [0.25, 0.3) is 0 Å². The lowest BCUT2D eigenvalue weighted by molar-refractivity contribution is -0.131. The average molecular weight is 563 g/mol. The second kappa shape index (κ2) is 11.0. The molecule has 2 aromatic heterocycles. The first-order valence-electron chi connectivity index (χ1n) is 12.5. The number of esters is 1. The number of hydrogen-bond acceptors (Lipinski definition) is 10. The van der Waals surface area contributed by atoms with E-state index < -0.39 is 23.5 Å². The number of hydrogen-bond donors (Lipinski definition) is 5. The molecular weight excluding hydrogens is 535 g/mol. The lowest BCUT2D eigenvalue weighted by atomic mass is 9.96. The van der Waals surface area contributed by atoms with Crippen LogP contribution < -0.4 is 36.7 Å². The summed E-state index contributed by atoms with van der Waals surface area (Å²) in [5.41, 5.74) is 12.2. The number of anilines is 2. The van der Waals surface area contributed by atoms with Crippen molar-refractivity contribution in [2.75, 3.05) is 24.8 Å². The first-order chi connectivity index (χ1) is 19.7. The van der Waals surface area contributed by atoms with Crippen molar-refractivity contribution < 1.29 is 23.4 Å². The second-order valence-electron chi connectivity index (χ2n) is 9.17. The maximum absolute atomic E-state index is 16.2. The molecule has 1 aliphatic heterocycles. The Hall–Kier alpha value is -5.40. The van der Waals surface area contributed by atoms with Gasteiger partial charge in [0.05, 0.1) is 19.3 Å². The Bertz CT molecular complexity index is 1720. The Morgan fingerprint density at radius 3 is 2.80 bits per heavy atom. The van der Waals surface area contributed by atoms with Crippen LogP contribution in [-0.4, -0.2) is 45.3 Å². The van der Waals surface area contributed by atoms with E-state index >= 15 is 4.39 Å². The number of carbonyl (C=O) groups excluding carboxylic acids is 1. The highest BCUT2D eigenvalue weighted by molar-refractivity contribution is 5.98.